The first-order chi connectivity index (χ1) is 9.29. The van der Waals surface area contributed by atoms with E-state index in [2.05, 4.69) is 29.2 Å². The molecular formula is C16H24N2O. The van der Waals surface area contributed by atoms with E-state index < -0.39 is 0 Å². The van der Waals surface area contributed by atoms with Crippen LogP contribution in [-0.2, 0) is 11.3 Å². The van der Waals surface area contributed by atoms with Gasteiger partial charge in [0, 0.05) is 19.2 Å². The molecule has 0 aromatic heterocycles. The van der Waals surface area contributed by atoms with Crippen LogP contribution in [0.4, 0.5) is 0 Å². The average Bonchev–Trinajstić information content (AvgIpc) is 3.23. The number of benzene rings is 1. The van der Waals surface area contributed by atoms with Crippen molar-refractivity contribution in [2.45, 2.75) is 50.4 Å². The molecule has 1 saturated carbocycles. The number of hydrogen-bond donors (Lipinski definition) is 1. The third-order valence-electron chi connectivity index (χ3n) is 4.34. The molecule has 2 fully saturated rings. The summed E-state index contributed by atoms with van der Waals surface area (Å²) in [6, 6.07) is 10.2. The minimum atomic E-state index is 0.271. The van der Waals surface area contributed by atoms with Crippen LogP contribution in [0.15, 0.2) is 24.3 Å². The molecule has 2 atom stereocenters. The van der Waals surface area contributed by atoms with Gasteiger partial charge < -0.3 is 10.5 Å². The summed E-state index contributed by atoms with van der Waals surface area (Å²) in [4.78, 5) is 2.64. The van der Waals surface area contributed by atoms with Gasteiger partial charge in [-0.05, 0) is 43.4 Å². The number of rotatable bonds is 4. The Kier molecular flexibility index (Phi) is 3.87. The highest BCUT2D eigenvalue weighted by Gasteiger charge is 2.39. The quantitative estimate of drug-likeness (QED) is 0.904. The van der Waals surface area contributed by atoms with Gasteiger partial charge in [-0.3, -0.25) is 4.90 Å². The summed E-state index contributed by atoms with van der Waals surface area (Å²) in [6.07, 6.45) is 5.08. The van der Waals surface area contributed by atoms with Gasteiger partial charge in [-0.2, -0.15) is 0 Å². The molecular weight excluding hydrogens is 236 g/mol. The molecule has 1 heterocycles. The van der Waals surface area contributed by atoms with E-state index >= 15 is 0 Å². The molecule has 2 unspecified atom stereocenters. The molecule has 2 N–H and O–H groups in total. The van der Waals surface area contributed by atoms with E-state index in [0.29, 0.717) is 12.6 Å². The maximum Gasteiger partial charge on any atom is 0.0713 e. The fourth-order valence-electron chi connectivity index (χ4n) is 3.34. The Morgan fingerprint density at radius 1 is 1.32 bits per heavy atom. The van der Waals surface area contributed by atoms with Crippen molar-refractivity contribution in [2.24, 2.45) is 5.73 Å². The fourth-order valence-corrected chi connectivity index (χ4v) is 3.34. The number of likely N-dealkylation sites (tertiary alicyclic amines) is 1. The van der Waals surface area contributed by atoms with Crippen LogP contribution in [0.25, 0.3) is 0 Å². The summed E-state index contributed by atoms with van der Waals surface area (Å²) in [7, 11) is 1.75. The standard InChI is InChI=1S/C16H24N2O/c1-19-11-12-4-2-5-13(10-12)16-15(17)6-3-9-18(16)14-7-8-14/h2,4-5,10,14-16H,3,6-9,11,17H2,1H3. The second kappa shape index (κ2) is 5.61. The molecule has 1 aromatic carbocycles. The Morgan fingerprint density at radius 3 is 2.89 bits per heavy atom. The topological polar surface area (TPSA) is 38.5 Å². The first-order valence-electron chi connectivity index (χ1n) is 7.38. The van der Waals surface area contributed by atoms with Crippen LogP contribution >= 0.6 is 0 Å². The van der Waals surface area contributed by atoms with Gasteiger partial charge in [0.25, 0.3) is 0 Å². The summed E-state index contributed by atoms with van der Waals surface area (Å²) in [6.45, 7) is 1.89. The van der Waals surface area contributed by atoms with E-state index in [1.807, 2.05) is 0 Å². The minimum absolute atomic E-state index is 0.271. The number of nitrogens with two attached hydrogens (primary N) is 1. The van der Waals surface area contributed by atoms with E-state index in [4.69, 9.17) is 10.5 Å². The van der Waals surface area contributed by atoms with Crippen molar-refractivity contribution in [3.05, 3.63) is 35.4 Å². The number of piperidine rings is 1. The van der Waals surface area contributed by atoms with Gasteiger partial charge in [-0.15, -0.1) is 0 Å². The van der Waals surface area contributed by atoms with Crippen molar-refractivity contribution in [1.82, 2.24) is 4.90 Å². The largest absolute Gasteiger partial charge is 0.380 e. The highest BCUT2D eigenvalue weighted by atomic mass is 16.5. The van der Waals surface area contributed by atoms with Gasteiger partial charge in [0.2, 0.25) is 0 Å². The van der Waals surface area contributed by atoms with E-state index in [-0.39, 0.29) is 6.04 Å². The molecule has 1 saturated heterocycles. The molecule has 2 aliphatic rings. The van der Waals surface area contributed by atoms with Gasteiger partial charge in [-0.25, -0.2) is 0 Å². The lowest BCUT2D eigenvalue weighted by Crippen LogP contribution is -2.46. The van der Waals surface area contributed by atoms with Crippen LogP contribution in [0.3, 0.4) is 0 Å². The van der Waals surface area contributed by atoms with E-state index in [9.17, 15) is 0 Å². The summed E-state index contributed by atoms with van der Waals surface area (Å²) in [5.41, 5.74) is 9.03. The van der Waals surface area contributed by atoms with Gasteiger partial charge in [0.1, 0.15) is 0 Å². The molecule has 3 heteroatoms. The zero-order chi connectivity index (χ0) is 13.2. The second-order valence-corrected chi connectivity index (χ2v) is 5.90. The molecule has 0 bridgehead atoms. The zero-order valence-corrected chi connectivity index (χ0v) is 11.7. The lowest BCUT2D eigenvalue weighted by Gasteiger charge is -2.40. The fraction of sp³-hybridized carbons (Fsp3) is 0.625. The molecule has 1 aliphatic heterocycles. The smallest absolute Gasteiger partial charge is 0.0713 e. The Hall–Kier alpha value is -0.900. The lowest BCUT2D eigenvalue weighted by atomic mass is 9.90. The van der Waals surface area contributed by atoms with E-state index in [1.165, 1.54) is 36.9 Å². The number of ether oxygens (including phenoxy) is 1. The van der Waals surface area contributed by atoms with Crippen LogP contribution in [0.5, 0.6) is 0 Å². The van der Waals surface area contributed by atoms with Crippen molar-refractivity contribution in [1.29, 1.82) is 0 Å². The maximum atomic E-state index is 6.42. The summed E-state index contributed by atoms with van der Waals surface area (Å²) < 4.78 is 5.24. The molecule has 1 aromatic rings. The van der Waals surface area contributed by atoms with Crippen LogP contribution < -0.4 is 5.73 Å². The van der Waals surface area contributed by atoms with Crippen molar-refractivity contribution in [3.63, 3.8) is 0 Å². The molecule has 3 nitrogen and oxygen atoms in total. The van der Waals surface area contributed by atoms with Crippen LogP contribution in [0.1, 0.15) is 42.9 Å². The number of nitrogens with zero attached hydrogens (tertiary/aromatic N) is 1. The third-order valence-corrected chi connectivity index (χ3v) is 4.34. The predicted molar refractivity (Wildman–Crippen MR) is 76.8 cm³/mol. The predicted octanol–water partition coefficient (Wildman–Crippen LogP) is 2.46. The molecule has 0 radical (unpaired) electrons. The normalized spacial score (nSPS) is 28.5. The number of methoxy groups -OCH3 is 1. The molecule has 104 valence electrons. The van der Waals surface area contributed by atoms with E-state index in [0.717, 1.165) is 12.5 Å². The van der Waals surface area contributed by atoms with Crippen molar-refractivity contribution < 1.29 is 4.74 Å². The third kappa shape index (κ3) is 2.83. The van der Waals surface area contributed by atoms with Gasteiger partial charge >= 0.3 is 0 Å². The van der Waals surface area contributed by atoms with Crippen LogP contribution in [0.2, 0.25) is 0 Å². The Morgan fingerprint density at radius 2 is 2.16 bits per heavy atom. The Bertz CT molecular complexity index is 431. The van der Waals surface area contributed by atoms with Crippen molar-refractivity contribution in [3.8, 4) is 0 Å². The minimum Gasteiger partial charge on any atom is -0.380 e. The first-order valence-corrected chi connectivity index (χ1v) is 7.38. The SMILES string of the molecule is COCc1cccc(C2C(N)CCCN2C2CC2)c1. The maximum absolute atomic E-state index is 6.42. The Labute approximate surface area is 115 Å². The Balaban J connectivity index is 1.85. The van der Waals surface area contributed by atoms with Gasteiger partial charge in [0.05, 0.1) is 12.6 Å². The van der Waals surface area contributed by atoms with Gasteiger partial charge in [-0.1, -0.05) is 24.3 Å². The molecule has 1 aliphatic carbocycles. The summed E-state index contributed by atoms with van der Waals surface area (Å²) in [5.74, 6) is 0. The second-order valence-electron chi connectivity index (χ2n) is 5.90. The first kappa shape index (κ1) is 13.1. The van der Waals surface area contributed by atoms with Crippen LogP contribution in [0, 0.1) is 0 Å². The average molecular weight is 260 g/mol. The molecule has 0 amide bonds. The molecule has 19 heavy (non-hydrogen) atoms. The van der Waals surface area contributed by atoms with Gasteiger partial charge in [0.15, 0.2) is 0 Å². The molecule has 3 rings (SSSR count). The van der Waals surface area contributed by atoms with Crippen molar-refractivity contribution in [2.75, 3.05) is 13.7 Å². The lowest BCUT2D eigenvalue weighted by molar-refractivity contribution is 0.119. The summed E-state index contributed by atoms with van der Waals surface area (Å²) in [5, 5.41) is 0. The van der Waals surface area contributed by atoms with E-state index in [1.54, 1.807) is 7.11 Å². The highest BCUT2D eigenvalue weighted by Crippen LogP contribution is 2.39. The highest BCUT2D eigenvalue weighted by molar-refractivity contribution is 5.28. The summed E-state index contributed by atoms with van der Waals surface area (Å²) >= 11 is 0. The van der Waals surface area contributed by atoms with Crippen LogP contribution in [-0.4, -0.2) is 30.6 Å². The number of hydrogen-bond acceptors (Lipinski definition) is 3. The van der Waals surface area contributed by atoms with Crippen molar-refractivity contribution >= 4 is 0 Å². The zero-order valence-electron chi connectivity index (χ0n) is 11.7. The molecule has 0 spiro atoms. The monoisotopic (exact) mass is 260 g/mol.